The van der Waals surface area contributed by atoms with E-state index in [1.54, 1.807) is 0 Å². The second-order valence-corrected chi connectivity index (χ2v) is 6.04. The zero-order chi connectivity index (χ0) is 17.8. The van der Waals surface area contributed by atoms with Crippen molar-refractivity contribution < 1.29 is 9.18 Å². The maximum absolute atomic E-state index is 13.3. The molecule has 0 spiro atoms. The fraction of sp³-hybridized carbons (Fsp3) is 0.375. The summed E-state index contributed by atoms with van der Waals surface area (Å²) in [5.41, 5.74) is 11.9. The number of primary amides is 1. The Morgan fingerprint density at radius 3 is 2.76 bits per heavy atom. The van der Waals surface area contributed by atoms with Crippen molar-refractivity contribution in [1.82, 2.24) is 15.0 Å². The molecule has 1 saturated carbocycles. The van der Waals surface area contributed by atoms with Crippen LogP contribution in [-0.2, 0) is 0 Å². The SMILES string of the molecule is NC(=O)c1cnc(N[C@@H]2CCCC[C@@H]2N)nc1Nc1cncc(F)c1. The molecule has 0 saturated heterocycles. The molecule has 2 aromatic heterocycles. The van der Waals surface area contributed by atoms with Gasteiger partial charge in [0.2, 0.25) is 5.95 Å². The summed E-state index contributed by atoms with van der Waals surface area (Å²) >= 11 is 0. The van der Waals surface area contributed by atoms with Crippen LogP contribution < -0.4 is 22.1 Å². The smallest absolute Gasteiger partial charge is 0.254 e. The maximum atomic E-state index is 13.3. The molecular formula is C16H20FN7O. The molecular weight excluding hydrogens is 325 g/mol. The summed E-state index contributed by atoms with van der Waals surface area (Å²) in [7, 11) is 0. The molecule has 3 rings (SSSR count). The Hall–Kier alpha value is -2.81. The van der Waals surface area contributed by atoms with E-state index in [2.05, 4.69) is 25.6 Å². The topological polar surface area (TPSA) is 132 Å². The predicted octanol–water partition coefficient (Wildman–Crippen LogP) is 1.53. The standard InChI is InChI=1S/C16H20FN7O/c17-9-5-10(7-20-6-9)22-15-11(14(19)25)8-21-16(24-15)23-13-4-2-1-3-12(13)18/h5-8,12-13H,1-4,18H2,(H2,19,25)(H2,21,22,23,24)/t12-,13+/m0/s1. The van der Waals surface area contributed by atoms with Crippen LogP contribution in [0, 0.1) is 5.82 Å². The van der Waals surface area contributed by atoms with E-state index in [1.807, 2.05) is 0 Å². The first-order valence-electron chi connectivity index (χ1n) is 8.09. The van der Waals surface area contributed by atoms with Crippen molar-refractivity contribution >= 4 is 23.4 Å². The number of amides is 1. The highest BCUT2D eigenvalue weighted by molar-refractivity contribution is 5.98. The number of anilines is 3. The lowest BCUT2D eigenvalue weighted by atomic mass is 9.91. The highest BCUT2D eigenvalue weighted by Gasteiger charge is 2.23. The Morgan fingerprint density at radius 1 is 1.24 bits per heavy atom. The molecule has 1 fully saturated rings. The van der Waals surface area contributed by atoms with Gasteiger partial charge in [0, 0.05) is 24.3 Å². The van der Waals surface area contributed by atoms with Crippen molar-refractivity contribution in [1.29, 1.82) is 0 Å². The van der Waals surface area contributed by atoms with Gasteiger partial charge in [-0.05, 0) is 12.8 Å². The molecule has 8 nitrogen and oxygen atoms in total. The Morgan fingerprint density at radius 2 is 2.04 bits per heavy atom. The van der Waals surface area contributed by atoms with Crippen LogP contribution in [0.2, 0.25) is 0 Å². The lowest BCUT2D eigenvalue weighted by Crippen LogP contribution is -2.43. The summed E-state index contributed by atoms with van der Waals surface area (Å²) in [5.74, 6) is -0.681. The zero-order valence-corrected chi connectivity index (χ0v) is 13.6. The molecule has 1 amide bonds. The van der Waals surface area contributed by atoms with Gasteiger partial charge in [-0.15, -0.1) is 0 Å². The number of halogens is 1. The number of rotatable bonds is 5. The average molecular weight is 345 g/mol. The van der Waals surface area contributed by atoms with E-state index >= 15 is 0 Å². The van der Waals surface area contributed by atoms with Gasteiger partial charge in [-0.3, -0.25) is 9.78 Å². The first-order valence-corrected chi connectivity index (χ1v) is 8.09. The molecule has 0 bridgehead atoms. The normalized spacial score (nSPS) is 20.1. The van der Waals surface area contributed by atoms with E-state index in [9.17, 15) is 9.18 Å². The van der Waals surface area contributed by atoms with E-state index < -0.39 is 11.7 Å². The Kier molecular flexibility index (Phi) is 5.03. The lowest BCUT2D eigenvalue weighted by molar-refractivity contribution is 0.100. The van der Waals surface area contributed by atoms with Crippen LogP contribution in [0.15, 0.2) is 24.7 Å². The monoisotopic (exact) mass is 345 g/mol. The number of hydrogen-bond acceptors (Lipinski definition) is 7. The van der Waals surface area contributed by atoms with E-state index in [4.69, 9.17) is 11.5 Å². The first kappa shape index (κ1) is 17.0. The van der Waals surface area contributed by atoms with Crippen LogP contribution in [0.5, 0.6) is 0 Å². The van der Waals surface area contributed by atoms with Gasteiger partial charge in [0.25, 0.3) is 5.91 Å². The van der Waals surface area contributed by atoms with Gasteiger partial charge in [-0.25, -0.2) is 9.37 Å². The van der Waals surface area contributed by atoms with Gasteiger partial charge < -0.3 is 22.1 Å². The molecule has 0 aromatic carbocycles. The number of hydrogen-bond donors (Lipinski definition) is 4. The van der Waals surface area contributed by atoms with Gasteiger partial charge in [-0.2, -0.15) is 4.98 Å². The van der Waals surface area contributed by atoms with E-state index in [-0.39, 0.29) is 23.5 Å². The van der Waals surface area contributed by atoms with E-state index in [1.165, 1.54) is 18.5 Å². The van der Waals surface area contributed by atoms with Crippen molar-refractivity contribution in [3.8, 4) is 0 Å². The Balaban J connectivity index is 1.85. The number of nitrogens with zero attached hydrogens (tertiary/aromatic N) is 3. The second kappa shape index (κ2) is 7.39. The van der Waals surface area contributed by atoms with Gasteiger partial charge in [0.05, 0.1) is 18.1 Å². The predicted molar refractivity (Wildman–Crippen MR) is 91.9 cm³/mol. The molecule has 0 radical (unpaired) electrons. The summed E-state index contributed by atoms with van der Waals surface area (Å²) < 4.78 is 13.3. The summed E-state index contributed by atoms with van der Waals surface area (Å²) in [6, 6.07) is 1.33. The van der Waals surface area contributed by atoms with Gasteiger partial charge >= 0.3 is 0 Å². The Bertz CT molecular complexity index is 770. The molecule has 2 atom stereocenters. The number of carbonyl (C=O) groups excluding carboxylic acids is 1. The third-order valence-corrected chi connectivity index (χ3v) is 4.16. The van der Waals surface area contributed by atoms with Crippen LogP contribution in [0.1, 0.15) is 36.0 Å². The summed E-state index contributed by atoms with van der Waals surface area (Å²) in [6.07, 6.45) is 7.90. The first-order chi connectivity index (χ1) is 12.0. The van der Waals surface area contributed by atoms with Crippen LogP contribution in [-0.4, -0.2) is 32.9 Å². The van der Waals surface area contributed by atoms with Crippen molar-refractivity contribution in [3.63, 3.8) is 0 Å². The minimum atomic E-state index is -0.687. The second-order valence-electron chi connectivity index (χ2n) is 6.04. The molecule has 1 aliphatic carbocycles. The van der Waals surface area contributed by atoms with Crippen LogP contribution in [0.4, 0.5) is 21.8 Å². The van der Waals surface area contributed by atoms with E-state index in [0.29, 0.717) is 11.6 Å². The molecule has 9 heteroatoms. The number of nitrogens with two attached hydrogens (primary N) is 2. The molecule has 6 N–H and O–H groups in total. The third-order valence-electron chi connectivity index (χ3n) is 4.16. The molecule has 2 heterocycles. The number of carbonyl (C=O) groups is 1. The largest absolute Gasteiger partial charge is 0.365 e. The minimum Gasteiger partial charge on any atom is -0.365 e. The molecule has 2 aromatic rings. The van der Waals surface area contributed by atoms with Crippen molar-refractivity contribution in [3.05, 3.63) is 36.0 Å². The molecule has 132 valence electrons. The highest BCUT2D eigenvalue weighted by atomic mass is 19.1. The van der Waals surface area contributed by atoms with Gasteiger partial charge in [-0.1, -0.05) is 12.8 Å². The van der Waals surface area contributed by atoms with Gasteiger partial charge in [0.1, 0.15) is 17.2 Å². The lowest BCUT2D eigenvalue weighted by Gasteiger charge is -2.29. The van der Waals surface area contributed by atoms with Crippen molar-refractivity contribution in [2.75, 3.05) is 10.6 Å². The Labute approximate surface area is 144 Å². The fourth-order valence-corrected chi connectivity index (χ4v) is 2.85. The summed E-state index contributed by atoms with van der Waals surface area (Å²) in [4.78, 5) is 23.8. The number of nitrogens with one attached hydrogen (secondary N) is 2. The summed E-state index contributed by atoms with van der Waals surface area (Å²) in [5, 5.41) is 6.06. The molecule has 25 heavy (non-hydrogen) atoms. The van der Waals surface area contributed by atoms with Crippen molar-refractivity contribution in [2.45, 2.75) is 37.8 Å². The van der Waals surface area contributed by atoms with Gasteiger partial charge in [0.15, 0.2) is 0 Å². The molecule has 0 aliphatic heterocycles. The third kappa shape index (κ3) is 4.18. The van der Waals surface area contributed by atoms with Crippen LogP contribution >= 0.6 is 0 Å². The number of aromatic nitrogens is 3. The quantitative estimate of drug-likeness (QED) is 0.646. The number of pyridine rings is 1. The average Bonchev–Trinajstić information content (AvgIpc) is 2.57. The maximum Gasteiger partial charge on any atom is 0.254 e. The fourth-order valence-electron chi connectivity index (χ4n) is 2.85. The van der Waals surface area contributed by atoms with Crippen LogP contribution in [0.3, 0.4) is 0 Å². The molecule has 0 unspecified atom stereocenters. The van der Waals surface area contributed by atoms with Crippen LogP contribution in [0.25, 0.3) is 0 Å². The summed E-state index contributed by atoms with van der Waals surface area (Å²) in [6.45, 7) is 0. The highest BCUT2D eigenvalue weighted by Crippen LogP contribution is 2.23. The zero-order valence-electron chi connectivity index (χ0n) is 13.6. The van der Waals surface area contributed by atoms with Crippen molar-refractivity contribution in [2.24, 2.45) is 11.5 Å². The molecule has 1 aliphatic rings. The van der Waals surface area contributed by atoms with E-state index in [0.717, 1.165) is 31.9 Å². The minimum absolute atomic E-state index is 0.0250.